The Morgan fingerprint density at radius 2 is 2.31 bits per heavy atom. The van der Waals surface area contributed by atoms with Gasteiger partial charge in [-0.3, -0.25) is 0 Å². The Morgan fingerprint density at radius 1 is 1.44 bits per heavy atom. The third kappa shape index (κ3) is 3.56. The molecule has 1 unspecified atom stereocenters. The van der Waals surface area contributed by atoms with Gasteiger partial charge in [-0.2, -0.15) is 0 Å². The van der Waals surface area contributed by atoms with Crippen LogP contribution in [0.3, 0.4) is 0 Å². The zero-order chi connectivity index (χ0) is 11.2. The molecule has 1 N–H and O–H groups in total. The highest BCUT2D eigenvalue weighted by molar-refractivity contribution is 7.11. The van der Waals surface area contributed by atoms with Gasteiger partial charge < -0.3 is 14.8 Å². The molecular weight excluding hydrogens is 222 g/mol. The van der Waals surface area contributed by atoms with Gasteiger partial charge in [0.25, 0.3) is 0 Å². The van der Waals surface area contributed by atoms with E-state index in [2.05, 4.69) is 24.4 Å². The first kappa shape index (κ1) is 12.0. The van der Waals surface area contributed by atoms with Crippen LogP contribution in [-0.4, -0.2) is 26.0 Å². The third-order valence-corrected chi connectivity index (χ3v) is 3.94. The van der Waals surface area contributed by atoms with Crippen molar-refractivity contribution in [3.8, 4) is 0 Å². The van der Waals surface area contributed by atoms with Crippen molar-refractivity contribution < 1.29 is 9.47 Å². The second-order valence-corrected chi connectivity index (χ2v) is 5.21. The number of thiophene rings is 1. The molecule has 2 heterocycles. The molecule has 1 fully saturated rings. The maximum absolute atomic E-state index is 5.46. The summed E-state index contributed by atoms with van der Waals surface area (Å²) in [6, 6.07) is 4.42. The molecule has 1 aromatic rings. The van der Waals surface area contributed by atoms with E-state index in [-0.39, 0.29) is 0 Å². The lowest BCUT2D eigenvalue weighted by atomic mass is 10.2. The fourth-order valence-electron chi connectivity index (χ4n) is 1.73. The number of aryl methyl sites for hydroxylation is 1. The lowest BCUT2D eigenvalue weighted by Gasteiger charge is -2.22. The molecule has 0 spiro atoms. The molecule has 1 atom stereocenters. The first-order valence-electron chi connectivity index (χ1n) is 5.86. The maximum atomic E-state index is 5.46. The van der Waals surface area contributed by atoms with Crippen molar-refractivity contribution in [2.24, 2.45) is 0 Å². The van der Waals surface area contributed by atoms with Gasteiger partial charge in [0.2, 0.25) is 0 Å². The van der Waals surface area contributed by atoms with Gasteiger partial charge in [-0.25, -0.2) is 0 Å². The molecule has 0 amide bonds. The van der Waals surface area contributed by atoms with Crippen LogP contribution in [-0.2, 0) is 22.4 Å². The van der Waals surface area contributed by atoms with Gasteiger partial charge in [0.05, 0.1) is 12.7 Å². The van der Waals surface area contributed by atoms with Gasteiger partial charge in [0, 0.05) is 22.8 Å². The summed E-state index contributed by atoms with van der Waals surface area (Å²) in [6.07, 6.45) is 2.45. The van der Waals surface area contributed by atoms with Crippen LogP contribution in [0.4, 0.5) is 0 Å². The minimum Gasteiger partial charge on any atom is -0.355 e. The molecule has 16 heavy (non-hydrogen) atoms. The SMILES string of the molecule is CCc1ccc(CNCC2CCOCO2)s1. The highest BCUT2D eigenvalue weighted by atomic mass is 32.1. The van der Waals surface area contributed by atoms with Crippen molar-refractivity contribution in [2.45, 2.75) is 32.4 Å². The van der Waals surface area contributed by atoms with Crippen LogP contribution < -0.4 is 5.32 Å². The van der Waals surface area contributed by atoms with E-state index in [1.165, 1.54) is 9.75 Å². The van der Waals surface area contributed by atoms with E-state index in [1.54, 1.807) is 0 Å². The summed E-state index contributed by atoms with van der Waals surface area (Å²) in [6.45, 7) is 5.34. The van der Waals surface area contributed by atoms with Crippen molar-refractivity contribution in [3.63, 3.8) is 0 Å². The molecule has 0 aliphatic carbocycles. The van der Waals surface area contributed by atoms with Crippen molar-refractivity contribution in [1.29, 1.82) is 0 Å². The molecule has 0 aromatic carbocycles. The fraction of sp³-hybridized carbons (Fsp3) is 0.667. The average Bonchev–Trinajstić information content (AvgIpc) is 2.78. The summed E-state index contributed by atoms with van der Waals surface area (Å²) in [5, 5.41) is 3.44. The third-order valence-electron chi connectivity index (χ3n) is 2.71. The van der Waals surface area contributed by atoms with Crippen molar-refractivity contribution in [2.75, 3.05) is 19.9 Å². The van der Waals surface area contributed by atoms with Crippen LogP contribution in [0.15, 0.2) is 12.1 Å². The lowest BCUT2D eigenvalue weighted by Crippen LogP contribution is -2.33. The Bertz CT molecular complexity index is 308. The van der Waals surface area contributed by atoms with Crippen LogP contribution in [0, 0.1) is 0 Å². The number of hydrogen-bond donors (Lipinski definition) is 1. The average molecular weight is 241 g/mol. The van der Waals surface area contributed by atoms with Crippen LogP contribution in [0.1, 0.15) is 23.1 Å². The van der Waals surface area contributed by atoms with Crippen LogP contribution in [0.5, 0.6) is 0 Å². The van der Waals surface area contributed by atoms with Gasteiger partial charge in [-0.15, -0.1) is 11.3 Å². The summed E-state index contributed by atoms with van der Waals surface area (Å²) in [4.78, 5) is 2.86. The Balaban J connectivity index is 1.66. The maximum Gasteiger partial charge on any atom is 0.147 e. The quantitative estimate of drug-likeness (QED) is 0.857. The lowest BCUT2D eigenvalue weighted by molar-refractivity contribution is -0.137. The van der Waals surface area contributed by atoms with Crippen LogP contribution in [0.2, 0.25) is 0 Å². The number of rotatable bonds is 5. The molecule has 1 saturated heterocycles. The van der Waals surface area contributed by atoms with E-state index < -0.39 is 0 Å². The molecule has 0 saturated carbocycles. The van der Waals surface area contributed by atoms with Crippen molar-refractivity contribution in [3.05, 3.63) is 21.9 Å². The molecule has 2 rings (SSSR count). The molecule has 0 radical (unpaired) electrons. The van der Waals surface area contributed by atoms with Crippen molar-refractivity contribution in [1.82, 2.24) is 5.32 Å². The molecule has 1 aliphatic rings. The van der Waals surface area contributed by atoms with E-state index in [0.717, 1.165) is 32.5 Å². The topological polar surface area (TPSA) is 30.5 Å². The second-order valence-electron chi connectivity index (χ2n) is 3.96. The summed E-state index contributed by atoms with van der Waals surface area (Å²) >= 11 is 1.89. The standard InChI is InChI=1S/C12H19NO2S/c1-2-11-3-4-12(16-11)8-13-7-10-5-6-14-9-15-10/h3-4,10,13H,2,5-9H2,1H3. The smallest absolute Gasteiger partial charge is 0.147 e. The van der Waals surface area contributed by atoms with E-state index in [0.29, 0.717) is 12.9 Å². The number of hydrogen-bond acceptors (Lipinski definition) is 4. The molecular formula is C12H19NO2S. The zero-order valence-corrected chi connectivity index (χ0v) is 10.5. The molecule has 0 bridgehead atoms. The Labute approximate surface area is 101 Å². The predicted molar refractivity (Wildman–Crippen MR) is 65.7 cm³/mol. The summed E-state index contributed by atoms with van der Waals surface area (Å²) in [5.41, 5.74) is 0. The minimum atomic E-state index is 0.319. The van der Waals surface area contributed by atoms with Gasteiger partial charge in [0.1, 0.15) is 6.79 Å². The van der Waals surface area contributed by atoms with Crippen molar-refractivity contribution >= 4 is 11.3 Å². The van der Waals surface area contributed by atoms with Crippen LogP contribution >= 0.6 is 11.3 Å². The normalized spacial score (nSPS) is 21.2. The molecule has 1 aliphatic heterocycles. The Hall–Kier alpha value is -0.420. The monoisotopic (exact) mass is 241 g/mol. The fourth-order valence-corrected chi connectivity index (χ4v) is 2.65. The zero-order valence-electron chi connectivity index (χ0n) is 9.70. The highest BCUT2D eigenvalue weighted by Crippen LogP contribution is 2.16. The van der Waals surface area contributed by atoms with Gasteiger partial charge in [-0.05, 0) is 25.0 Å². The first-order valence-corrected chi connectivity index (χ1v) is 6.67. The second kappa shape index (κ2) is 6.35. The molecule has 3 nitrogen and oxygen atoms in total. The van der Waals surface area contributed by atoms with E-state index >= 15 is 0 Å². The predicted octanol–water partition coefficient (Wildman–Crippen LogP) is 2.16. The van der Waals surface area contributed by atoms with E-state index in [1.807, 2.05) is 11.3 Å². The molecule has 90 valence electrons. The van der Waals surface area contributed by atoms with Gasteiger partial charge in [0.15, 0.2) is 0 Å². The van der Waals surface area contributed by atoms with Gasteiger partial charge >= 0.3 is 0 Å². The summed E-state index contributed by atoms with van der Waals surface area (Å²) in [7, 11) is 0. The van der Waals surface area contributed by atoms with E-state index in [4.69, 9.17) is 9.47 Å². The summed E-state index contributed by atoms with van der Waals surface area (Å²) in [5.74, 6) is 0. The summed E-state index contributed by atoms with van der Waals surface area (Å²) < 4.78 is 10.6. The Morgan fingerprint density at radius 3 is 3.00 bits per heavy atom. The van der Waals surface area contributed by atoms with Gasteiger partial charge in [-0.1, -0.05) is 6.92 Å². The highest BCUT2D eigenvalue weighted by Gasteiger charge is 2.13. The molecule has 4 heteroatoms. The number of nitrogens with one attached hydrogen (secondary N) is 1. The van der Waals surface area contributed by atoms with Crippen LogP contribution in [0.25, 0.3) is 0 Å². The Kier molecular flexibility index (Phi) is 4.78. The minimum absolute atomic E-state index is 0.319. The first-order chi connectivity index (χ1) is 7.88. The largest absolute Gasteiger partial charge is 0.355 e. The molecule has 1 aromatic heterocycles. The number of ether oxygens (including phenoxy) is 2. The van der Waals surface area contributed by atoms with E-state index in [9.17, 15) is 0 Å².